The zero-order valence-electron chi connectivity index (χ0n) is 26.6. The van der Waals surface area contributed by atoms with Crippen LogP contribution in [0, 0.1) is 5.41 Å². The molecule has 0 saturated carbocycles. The van der Waals surface area contributed by atoms with E-state index in [1.165, 1.54) is 4.90 Å². The molecule has 1 N–H and O–H groups in total. The molecule has 3 atom stereocenters. The first-order chi connectivity index (χ1) is 22.7. The van der Waals surface area contributed by atoms with Crippen LogP contribution in [0.5, 0.6) is 0 Å². The summed E-state index contributed by atoms with van der Waals surface area (Å²) in [6.07, 6.45) is -3.91. The zero-order valence-corrected chi connectivity index (χ0v) is 26.6. The number of carbonyl (C=O) groups excluding carboxylic acids is 3. The van der Waals surface area contributed by atoms with Gasteiger partial charge in [0.15, 0.2) is 0 Å². The van der Waals surface area contributed by atoms with E-state index in [0.29, 0.717) is 57.3 Å². The van der Waals surface area contributed by atoms with Gasteiger partial charge in [0, 0.05) is 43.7 Å². The molecule has 3 unspecified atom stereocenters. The summed E-state index contributed by atoms with van der Waals surface area (Å²) >= 11 is 0. The summed E-state index contributed by atoms with van der Waals surface area (Å²) in [6.45, 7) is 3.22. The van der Waals surface area contributed by atoms with Gasteiger partial charge in [-0.3, -0.25) is 14.4 Å². The number of benzene rings is 2. The second-order valence-corrected chi connectivity index (χ2v) is 13.8. The van der Waals surface area contributed by atoms with Gasteiger partial charge in [-0.15, -0.1) is 0 Å². The summed E-state index contributed by atoms with van der Waals surface area (Å²) in [6, 6.07) is 9.75. The predicted molar refractivity (Wildman–Crippen MR) is 165 cm³/mol. The predicted octanol–water partition coefficient (Wildman–Crippen LogP) is 5.92. The molecule has 4 saturated heterocycles. The molecule has 13 heteroatoms. The van der Waals surface area contributed by atoms with Gasteiger partial charge in [0.2, 0.25) is 11.8 Å². The van der Waals surface area contributed by atoms with Crippen LogP contribution >= 0.6 is 0 Å². The number of halogens is 6. The van der Waals surface area contributed by atoms with Crippen LogP contribution in [0.3, 0.4) is 0 Å². The first kappa shape index (κ1) is 34.3. The monoisotopic (exact) mass is 678 g/mol. The number of nitrogens with zero attached hydrogens (tertiary/aromatic N) is 3. The molecule has 0 radical (unpaired) electrons. The summed E-state index contributed by atoms with van der Waals surface area (Å²) in [4.78, 5) is 44.0. The molecular formula is C35H40F6N4O3. The molecule has 2 aromatic rings. The third-order valence-electron chi connectivity index (χ3n) is 10.9. The second kappa shape index (κ2) is 13.4. The first-order valence-corrected chi connectivity index (χ1v) is 16.7. The number of piperidine rings is 3. The van der Waals surface area contributed by atoms with Crippen molar-refractivity contribution in [1.29, 1.82) is 0 Å². The van der Waals surface area contributed by atoms with Gasteiger partial charge in [-0.05, 0) is 93.6 Å². The van der Waals surface area contributed by atoms with E-state index in [0.717, 1.165) is 44.3 Å². The summed E-state index contributed by atoms with van der Waals surface area (Å²) < 4.78 is 81.6. The highest BCUT2D eigenvalue weighted by atomic mass is 19.4. The molecule has 260 valence electrons. The van der Waals surface area contributed by atoms with Crippen LogP contribution in [0.15, 0.2) is 48.5 Å². The molecule has 0 aromatic heterocycles. The molecule has 48 heavy (non-hydrogen) atoms. The minimum absolute atomic E-state index is 0.00124. The minimum Gasteiger partial charge on any atom is -0.344 e. The van der Waals surface area contributed by atoms with Crippen molar-refractivity contribution < 1.29 is 40.7 Å². The van der Waals surface area contributed by atoms with Crippen molar-refractivity contribution in [3.63, 3.8) is 0 Å². The molecule has 2 aromatic carbocycles. The van der Waals surface area contributed by atoms with Crippen molar-refractivity contribution in [2.24, 2.45) is 5.41 Å². The van der Waals surface area contributed by atoms with E-state index < -0.39 is 47.0 Å². The number of nitrogens with one attached hydrogen (secondary N) is 1. The molecule has 6 rings (SSSR count). The van der Waals surface area contributed by atoms with Gasteiger partial charge >= 0.3 is 12.4 Å². The SMILES string of the molecule is O=C1CCC(C(=O)N2CCC3(CC2)CCN(C2CCN(C(=O)c4cc(C(F)(F)F)cc(C(F)(F)F)c4)C(Cc4ccccc4)C2)CC3)N1. The maximum atomic E-state index is 13.7. The van der Waals surface area contributed by atoms with Crippen LogP contribution in [0.2, 0.25) is 0 Å². The van der Waals surface area contributed by atoms with Gasteiger partial charge < -0.3 is 20.0 Å². The summed E-state index contributed by atoms with van der Waals surface area (Å²) in [7, 11) is 0. The van der Waals surface area contributed by atoms with Crippen LogP contribution in [0.25, 0.3) is 0 Å². The largest absolute Gasteiger partial charge is 0.416 e. The summed E-state index contributed by atoms with van der Waals surface area (Å²) in [5, 5.41) is 2.77. The Kier molecular flexibility index (Phi) is 9.54. The molecule has 4 fully saturated rings. The lowest BCUT2D eigenvalue weighted by Gasteiger charge is -2.50. The van der Waals surface area contributed by atoms with E-state index in [-0.39, 0.29) is 35.9 Å². The molecule has 0 aliphatic carbocycles. The fraction of sp³-hybridized carbons (Fsp3) is 0.571. The lowest BCUT2D eigenvalue weighted by molar-refractivity contribution is -0.143. The minimum atomic E-state index is -5.04. The van der Waals surface area contributed by atoms with Gasteiger partial charge in [-0.25, -0.2) is 0 Å². The van der Waals surface area contributed by atoms with Crippen LogP contribution in [-0.2, 0) is 28.4 Å². The highest BCUT2D eigenvalue weighted by Crippen LogP contribution is 2.43. The number of amides is 3. The Labute approximate surface area is 275 Å². The van der Waals surface area contributed by atoms with Crippen LogP contribution < -0.4 is 5.32 Å². The smallest absolute Gasteiger partial charge is 0.344 e. The molecule has 0 bridgehead atoms. The van der Waals surface area contributed by atoms with E-state index in [4.69, 9.17) is 0 Å². The molecule has 3 amide bonds. The van der Waals surface area contributed by atoms with E-state index in [1.807, 2.05) is 35.2 Å². The first-order valence-electron chi connectivity index (χ1n) is 16.7. The van der Waals surface area contributed by atoms with Crippen molar-refractivity contribution in [3.8, 4) is 0 Å². The maximum Gasteiger partial charge on any atom is 0.416 e. The van der Waals surface area contributed by atoms with Gasteiger partial charge in [-0.2, -0.15) is 26.3 Å². The topological polar surface area (TPSA) is 73.0 Å². The molecule has 4 aliphatic rings. The number of alkyl halides is 6. The Hall–Kier alpha value is -3.61. The molecule has 7 nitrogen and oxygen atoms in total. The third-order valence-corrected chi connectivity index (χ3v) is 10.9. The van der Waals surface area contributed by atoms with Crippen molar-refractivity contribution >= 4 is 17.7 Å². The van der Waals surface area contributed by atoms with Gasteiger partial charge in [0.05, 0.1) is 11.1 Å². The van der Waals surface area contributed by atoms with Crippen LogP contribution in [0.1, 0.15) is 78.4 Å². The molecule has 4 aliphatic heterocycles. The molecule has 4 heterocycles. The van der Waals surface area contributed by atoms with Crippen molar-refractivity contribution in [2.75, 3.05) is 32.7 Å². The summed E-state index contributed by atoms with van der Waals surface area (Å²) in [5.41, 5.74) is -2.56. The Morgan fingerprint density at radius 3 is 1.98 bits per heavy atom. The average Bonchev–Trinajstić information content (AvgIpc) is 3.50. The van der Waals surface area contributed by atoms with Crippen LogP contribution in [0.4, 0.5) is 26.3 Å². The van der Waals surface area contributed by atoms with Crippen LogP contribution in [-0.4, -0.2) is 83.3 Å². The number of carbonyl (C=O) groups is 3. The Bertz CT molecular complexity index is 1460. The number of hydrogen-bond acceptors (Lipinski definition) is 4. The van der Waals surface area contributed by atoms with Crippen molar-refractivity contribution in [2.45, 2.75) is 88.3 Å². The lowest BCUT2D eigenvalue weighted by atomic mass is 9.70. The van der Waals surface area contributed by atoms with Crippen molar-refractivity contribution in [3.05, 3.63) is 70.8 Å². The highest BCUT2D eigenvalue weighted by molar-refractivity contribution is 5.95. The zero-order chi connectivity index (χ0) is 34.3. The fourth-order valence-corrected chi connectivity index (χ4v) is 8.04. The number of hydrogen-bond donors (Lipinski definition) is 1. The van der Waals surface area contributed by atoms with E-state index in [1.54, 1.807) is 0 Å². The lowest BCUT2D eigenvalue weighted by Crippen LogP contribution is -2.56. The summed E-state index contributed by atoms with van der Waals surface area (Å²) in [5.74, 6) is -0.914. The van der Waals surface area contributed by atoms with E-state index in [2.05, 4.69) is 10.2 Å². The quantitative estimate of drug-likeness (QED) is 0.399. The van der Waals surface area contributed by atoms with Crippen molar-refractivity contribution in [1.82, 2.24) is 20.0 Å². The van der Waals surface area contributed by atoms with Gasteiger partial charge in [0.1, 0.15) is 6.04 Å². The molecule has 1 spiro atoms. The van der Waals surface area contributed by atoms with Gasteiger partial charge in [0.25, 0.3) is 5.91 Å². The fourth-order valence-electron chi connectivity index (χ4n) is 8.04. The third kappa shape index (κ3) is 7.50. The Morgan fingerprint density at radius 1 is 0.812 bits per heavy atom. The molecular weight excluding hydrogens is 638 g/mol. The standard InChI is InChI=1S/C35H40F6N4O3/c36-34(37,38)25-19-24(20-26(21-25)35(39,40)41)31(47)45-13-8-27(22-28(45)18-23-4-2-1-3-5-23)43-14-9-33(10-15-43)11-16-44(17-12-33)32(48)29-6-7-30(46)42-29/h1-5,19-21,27-29H,6-18,22H2,(H,42,46). The second-order valence-electron chi connectivity index (χ2n) is 13.8. The maximum absolute atomic E-state index is 13.7. The van der Waals surface area contributed by atoms with E-state index in [9.17, 15) is 40.7 Å². The average molecular weight is 679 g/mol. The van der Waals surface area contributed by atoms with E-state index >= 15 is 0 Å². The Balaban J connectivity index is 1.13. The Morgan fingerprint density at radius 2 is 1.42 bits per heavy atom. The van der Waals surface area contributed by atoms with Gasteiger partial charge in [-0.1, -0.05) is 30.3 Å². The number of rotatable bonds is 5. The normalized spacial score (nSPS) is 25.3. The number of likely N-dealkylation sites (tertiary alicyclic amines) is 3. The highest BCUT2D eigenvalue weighted by Gasteiger charge is 2.44.